The first-order valence-corrected chi connectivity index (χ1v) is 23.7. The van der Waals surface area contributed by atoms with Gasteiger partial charge in [-0.3, -0.25) is 0 Å². The quantitative estimate of drug-likeness (QED) is 0.114. The second kappa shape index (κ2) is 4.23. The molecule has 4 heterocycles. The molecule has 258 valence electrons. The van der Waals surface area contributed by atoms with Gasteiger partial charge in [-0.25, -0.2) is 0 Å². The van der Waals surface area contributed by atoms with Crippen LogP contribution < -0.4 is 0 Å². The zero-order valence-corrected chi connectivity index (χ0v) is 31.2. The lowest BCUT2D eigenvalue weighted by molar-refractivity contribution is -0.142. The summed E-state index contributed by atoms with van der Waals surface area (Å²) in [6.07, 6.45) is 0. The van der Waals surface area contributed by atoms with E-state index in [1.54, 1.807) is 270 Å². The minimum atomic E-state index is -0.710. The molecule has 6 atom stereocenters. The number of epoxide rings is 2. The van der Waals surface area contributed by atoms with Gasteiger partial charge in [0, 0.05) is 44.5 Å². The Kier molecular flexibility index (Phi) is 1.43. The minimum absolute atomic E-state index is 0.562. The number of ether oxygens (including phenoxy) is 3. The van der Waals surface area contributed by atoms with Crippen molar-refractivity contribution in [2.24, 2.45) is 0 Å². The van der Waals surface area contributed by atoms with Crippen LogP contribution in [0.2, 0.25) is 0 Å². The molecule has 3 nitrogen and oxygen atoms in total. The molecule has 0 saturated carbocycles. The molecule has 0 N–H and O–H groups in total. The number of hydrogen-bond acceptors (Lipinski definition) is 3. The zero-order valence-electron chi connectivity index (χ0n) is 31.2. The molecule has 12 aliphatic rings. The lowest BCUT2D eigenvalue weighted by Gasteiger charge is -2.37. The molecule has 2 bridgehead atoms. The van der Waals surface area contributed by atoms with Gasteiger partial charge in [-0.1, -0.05) is 0 Å². The molecule has 3 saturated heterocycles. The van der Waals surface area contributed by atoms with Crippen molar-refractivity contribution in [3.05, 3.63) is 44.5 Å². The smallest absolute Gasteiger partial charge is 0.180 e. The van der Waals surface area contributed by atoms with Crippen molar-refractivity contribution in [1.82, 2.24) is 0 Å². The van der Waals surface area contributed by atoms with Crippen molar-refractivity contribution in [2.75, 3.05) is 0 Å². The van der Waals surface area contributed by atoms with E-state index in [0.29, 0.717) is 0 Å². The Morgan fingerprint density at radius 3 is 0.778 bits per heavy atom. The summed E-state index contributed by atoms with van der Waals surface area (Å²) in [5, 5.41) is 73.9. The van der Waals surface area contributed by atoms with Crippen LogP contribution in [0.1, 0.15) is 44.5 Å². The third-order valence-corrected chi connectivity index (χ3v) is 25.4. The average molecular weight is 769 g/mol. The van der Waals surface area contributed by atoms with Crippen molar-refractivity contribution < 1.29 is 14.2 Å². The summed E-state index contributed by atoms with van der Waals surface area (Å²) in [6.45, 7) is 0. The fourth-order valence-corrected chi connectivity index (χ4v) is 25.9. The van der Waals surface area contributed by atoms with Crippen molar-refractivity contribution in [3.8, 4) is 0 Å². The van der Waals surface area contributed by atoms with Crippen LogP contribution in [-0.4, -0.2) is 5.60 Å². The maximum absolute atomic E-state index is 8.85. The van der Waals surface area contributed by atoms with Gasteiger partial charge in [0.05, 0.1) is 0 Å². The van der Waals surface area contributed by atoms with E-state index in [1.807, 2.05) is 0 Å². The van der Waals surface area contributed by atoms with Gasteiger partial charge in [0.25, 0.3) is 0 Å². The molecule has 4 aliphatic heterocycles. The van der Waals surface area contributed by atoms with Crippen LogP contribution >= 0.6 is 0 Å². The van der Waals surface area contributed by atoms with Crippen LogP contribution in [0.5, 0.6) is 0 Å². The van der Waals surface area contributed by atoms with E-state index < -0.39 is 33.6 Å². The largest absolute Gasteiger partial charge is 0.346 e. The SMILES string of the molecule is O1C23c4c5c6c7c8c9c%10c%11c%12c%13c%14c%15c%16c(c%17c2c2c%18c4c6c4c6c7c7c8c%11c8c%12c%11c%14c%12c%14c%15c%17c%15c2c2c%18c4c4c6c6c7c8c7c%11c%12c8c(c%15%14)c2c4c8c76)C32OC2(C159)C%101OC%16%131. The lowest BCUT2D eigenvalue weighted by Crippen LogP contribution is -2.53. The monoisotopic (exact) mass is 768 g/mol. The molecule has 3 heteroatoms. The predicted octanol–water partition coefficient (Wildman–Crippen LogP) is 13.8. The van der Waals surface area contributed by atoms with Crippen molar-refractivity contribution in [3.63, 3.8) is 0 Å². The maximum Gasteiger partial charge on any atom is 0.180 e. The van der Waals surface area contributed by atoms with E-state index in [9.17, 15) is 0 Å². The van der Waals surface area contributed by atoms with E-state index in [0.717, 1.165) is 0 Å². The van der Waals surface area contributed by atoms with E-state index in [4.69, 9.17) is 14.2 Å². The molecule has 24 aromatic rings. The third kappa shape index (κ3) is 0.921. The third-order valence-electron chi connectivity index (χ3n) is 25.4. The zero-order chi connectivity index (χ0) is 36.3. The second-order valence-corrected chi connectivity index (χ2v) is 24.6. The Bertz CT molecular complexity index is 6990. The Morgan fingerprint density at radius 2 is 0.349 bits per heavy atom. The second-order valence-electron chi connectivity index (χ2n) is 24.6. The molecule has 0 radical (unpaired) electrons. The summed E-state index contributed by atoms with van der Waals surface area (Å²) >= 11 is 0. The summed E-state index contributed by atoms with van der Waals surface area (Å²) in [5.74, 6) is 0. The summed E-state index contributed by atoms with van der Waals surface area (Å²) in [7, 11) is 0. The highest BCUT2D eigenvalue weighted by Crippen LogP contribution is 3.06. The minimum Gasteiger partial charge on any atom is -0.346 e. The van der Waals surface area contributed by atoms with Gasteiger partial charge >= 0.3 is 0 Å². The number of rotatable bonds is 0. The van der Waals surface area contributed by atoms with E-state index in [2.05, 4.69) is 0 Å². The molecule has 0 aromatic heterocycles. The van der Waals surface area contributed by atoms with Gasteiger partial charge in [0.1, 0.15) is 0 Å². The van der Waals surface area contributed by atoms with Crippen molar-refractivity contribution >= 4 is 248 Å². The van der Waals surface area contributed by atoms with Crippen LogP contribution in [0.4, 0.5) is 0 Å². The average Bonchev–Trinajstić information content (AvgIpc) is 4.04. The molecular formula is C60O3. The van der Waals surface area contributed by atoms with Gasteiger partial charge < -0.3 is 14.2 Å². The molecule has 24 aromatic carbocycles. The van der Waals surface area contributed by atoms with Crippen LogP contribution in [0.15, 0.2) is 0 Å². The Hall–Kier alpha value is -7.14. The topological polar surface area (TPSA) is 34.3 Å². The molecular weight excluding hydrogens is 769 g/mol. The highest BCUT2D eigenvalue weighted by Gasteiger charge is 3.15. The molecule has 3 fully saturated rings. The molecule has 0 amide bonds. The molecule has 36 rings (SSSR count). The highest BCUT2D eigenvalue weighted by atomic mass is 16.8. The first kappa shape index (κ1) is 21.3. The normalized spacial score (nSPS) is 34.9. The van der Waals surface area contributed by atoms with E-state index in [-0.39, 0.29) is 0 Å². The van der Waals surface area contributed by atoms with E-state index in [1.165, 1.54) is 22.3 Å². The first-order valence-electron chi connectivity index (χ1n) is 23.7. The van der Waals surface area contributed by atoms with Gasteiger partial charge in [-0.15, -0.1) is 0 Å². The van der Waals surface area contributed by atoms with Gasteiger partial charge in [-0.05, 0) is 248 Å². The van der Waals surface area contributed by atoms with Gasteiger partial charge in [0.2, 0.25) is 0 Å². The van der Waals surface area contributed by atoms with Crippen molar-refractivity contribution in [1.29, 1.82) is 0 Å². The number of benzene rings is 15. The Balaban J connectivity index is 1.25. The van der Waals surface area contributed by atoms with Crippen LogP contribution in [0, 0.1) is 0 Å². The summed E-state index contributed by atoms with van der Waals surface area (Å²) < 4.78 is 25.7. The summed E-state index contributed by atoms with van der Waals surface area (Å²) in [6, 6.07) is 0. The molecule has 63 heavy (non-hydrogen) atoms. The summed E-state index contributed by atoms with van der Waals surface area (Å²) in [5.41, 5.74) is 8.45. The standard InChI is InChI=1S/C60O3/c61-55-48-38-28-20-10-3-1-2-4-7-6(3)16-22-17(7)24-21-12(4)14-9(2)13-11-5(1)8(10)15-19-18(11)29-25(13)30-26(14)32-31(21)39-36(24)41-37(22)40(35(38)23(16)20)49(55)50(41)57(61)52(39)53-45(32)43(30)47-42(29)44-33(19)34(27(15)28)46(48)54-51(44)56(47)58(53,62-56)60(57)59(54,55)63-60. The van der Waals surface area contributed by atoms with Gasteiger partial charge in [0.15, 0.2) is 33.6 Å². The fourth-order valence-electron chi connectivity index (χ4n) is 25.9. The molecule has 6 unspecified atom stereocenters. The van der Waals surface area contributed by atoms with Crippen LogP contribution in [0.25, 0.3) is 248 Å². The predicted molar refractivity (Wildman–Crippen MR) is 247 cm³/mol. The highest BCUT2D eigenvalue weighted by molar-refractivity contribution is 6.79. The van der Waals surface area contributed by atoms with Gasteiger partial charge in [-0.2, -0.15) is 0 Å². The number of hydrogen-bond donors (Lipinski definition) is 0. The molecule has 8 aliphatic carbocycles. The van der Waals surface area contributed by atoms with Crippen molar-refractivity contribution in [2.45, 2.75) is 33.6 Å². The first-order chi connectivity index (χ1) is 31.3. The van der Waals surface area contributed by atoms with Crippen LogP contribution in [0.3, 0.4) is 0 Å². The Morgan fingerprint density at radius 1 is 0.143 bits per heavy atom. The maximum atomic E-state index is 8.85. The summed E-state index contributed by atoms with van der Waals surface area (Å²) in [4.78, 5) is 0. The molecule has 6 spiro atoms. The van der Waals surface area contributed by atoms with E-state index >= 15 is 0 Å². The fraction of sp³-hybridized carbons (Fsp3) is 0.100. The van der Waals surface area contributed by atoms with Crippen LogP contribution in [-0.2, 0) is 42.2 Å². The Labute approximate surface area is 338 Å². The lowest BCUT2D eigenvalue weighted by atomic mass is 9.54.